The molecule has 0 aliphatic carbocycles. The summed E-state index contributed by atoms with van der Waals surface area (Å²) in [5.41, 5.74) is 1.61. The second-order valence-electron chi connectivity index (χ2n) is 3.75. The summed E-state index contributed by atoms with van der Waals surface area (Å²) in [7, 11) is 0. The van der Waals surface area contributed by atoms with Gasteiger partial charge in [0, 0.05) is 0 Å². The number of aliphatic hydroxyl groups is 2. The van der Waals surface area contributed by atoms with Gasteiger partial charge in [0.1, 0.15) is 0 Å². The predicted octanol–water partition coefficient (Wildman–Crippen LogP) is 2.91. The van der Waals surface area contributed by atoms with E-state index in [2.05, 4.69) is 13.2 Å². The molecule has 0 heterocycles. The summed E-state index contributed by atoms with van der Waals surface area (Å²) in [5, 5.41) is 19.6. The third kappa shape index (κ3) is 3.33. The van der Waals surface area contributed by atoms with E-state index in [9.17, 15) is 10.2 Å². The lowest BCUT2D eigenvalue weighted by molar-refractivity contribution is 0.175. The van der Waals surface area contributed by atoms with Crippen LogP contribution in [-0.4, -0.2) is 10.2 Å². The predicted molar refractivity (Wildman–Crippen MR) is 66.0 cm³/mol. The van der Waals surface area contributed by atoms with Gasteiger partial charge in [-0.05, 0) is 24.0 Å². The molecule has 16 heavy (non-hydrogen) atoms. The van der Waals surface area contributed by atoms with Crippen LogP contribution in [0.5, 0.6) is 0 Å². The van der Waals surface area contributed by atoms with Gasteiger partial charge in [0.25, 0.3) is 0 Å². The molecule has 86 valence electrons. The summed E-state index contributed by atoms with van der Waals surface area (Å²) < 4.78 is 0. The van der Waals surface area contributed by atoms with Crippen molar-refractivity contribution in [1.29, 1.82) is 0 Å². The molecule has 2 N–H and O–H groups in total. The Bertz CT molecular complexity index is 326. The first kappa shape index (κ1) is 12.7. The third-order valence-electron chi connectivity index (χ3n) is 2.46. The lowest BCUT2D eigenvalue weighted by Crippen LogP contribution is -2.00. The molecule has 2 atom stereocenters. The third-order valence-corrected chi connectivity index (χ3v) is 2.46. The van der Waals surface area contributed by atoms with Gasteiger partial charge in [0.05, 0.1) is 12.2 Å². The summed E-state index contributed by atoms with van der Waals surface area (Å²) in [5.74, 6) is 0. The fraction of sp³-hybridized carbons (Fsp3) is 0.286. The molecule has 0 radical (unpaired) electrons. The summed E-state index contributed by atoms with van der Waals surface area (Å²) in [6, 6.07) is 7.35. The van der Waals surface area contributed by atoms with Crippen molar-refractivity contribution in [2.24, 2.45) is 0 Å². The van der Waals surface area contributed by atoms with Gasteiger partial charge < -0.3 is 10.2 Å². The van der Waals surface area contributed by atoms with Gasteiger partial charge in [-0.15, -0.1) is 13.2 Å². The summed E-state index contributed by atoms with van der Waals surface area (Å²) in [6.45, 7) is 7.18. The maximum atomic E-state index is 9.78. The molecule has 0 unspecified atom stereocenters. The second kappa shape index (κ2) is 6.26. The van der Waals surface area contributed by atoms with Gasteiger partial charge in [0.15, 0.2) is 0 Å². The van der Waals surface area contributed by atoms with Crippen molar-refractivity contribution in [1.82, 2.24) is 0 Å². The van der Waals surface area contributed by atoms with Crippen molar-refractivity contribution in [3.05, 3.63) is 60.7 Å². The number of rotatable bonds is 6. The Morgan fingerprint density at radius 2 is 1.44 bits per heavy atom. The molecule has 0 aliphatic rings. The van der Waals surface area contributed by atoms with Gasteiger partial charge in [-0.3, -0.25) is 0 Å². The van der Waals surface area contributed by atoms with Crippen LogP contribution in [0.15, 0.2) is 49.6 Å². The van der Waals surface area contributed by atoms with E-state index in [1.807, 2.05) is 24.3 Å². The van der Waals surface area contributed by atoms with Crippen molar-refractivity contribution in [2.45, 2.75) is 25.0 Å². The van der Waals surface area contributed by atoms with Crippen molar-refractivity contribution in [3.63, 3.8) is 0 Å². The first-order valence-corrected chi connectivity index (χ1v) is 5.36. The van der Waals surface area contributed by atoms with E-state index in [1.54, 1.807) is 12.2 Å². The van der Waals surface area contributed by atoms with Crippen LogP contribution in [0.4, 0.5) is 0 Å². The Kier molecular flexibility index (Phi) is 4.96. The molecule has 2 heteroatoms. The average Bonchev–Trinajstić information content (AvgIpc) is 2.30. The Morgan fingerprint density at radius 1 is 1.00 bits per heavy atom. The average molecular weight is 218 g/mol. The summed E-state index contributed by atoms with van der Waals surface area (Å²) in [4.78, 5) is 0. The summed E-state index contributed by atoms with van der Waals surface area (Å²) in [6.07, 6.45) is 3.29. The Hall–Kier alpha value is -1.38. The van der Waals surface area contributed by atoms with Crippen molar-refractivity contribution < 1.29 is 10.2 Å². The van der Waals surface area contributed by atoms with Crippen LogP contribution >= 0.6 is 0 Å². The molecule has 0 aliphatic heterocycles. The van der Waals surface area contributed by atoms with Crippen LogP contribution in [0.1, 0.15) is 36.2 Å². The first-order chi connectivity index (χ1) is 7.69. The molecule has 0 spiro atoms. The molecule has 0 amide bonds. The van der Waals surface area contributed by atoms with E-state index in [0.29, 0.717) is 12.8 Å². The molecule has 1 aromatic rings. The van der Waals surface area contributed by atoms with Gasteiger partial charge in [-0.2, -0.15) is 0 Å². The monoisotopic (exact) mass is 218 g/mol. The van der Waals surface area contributed by atoms with E-state index >= 15 is 0 Å². The topological polar surface area (TPSA) is 40.5 Å². The normalized spacial score (nSPS) is 14.1. The van der Waals surface area contributed by atoms with Crippen molar-refractivity contribution in [3.8, 4) is 0 Å². The lowest BCUT2D eigenvalue weighted by atomic mass is 10.00. The zero-order chi connectivity index (χ0) is 12.0. The van der Waals surface area contributed by atoms with Crippen molar-refractivity contribution >= 4 is 0 Å². The van der Waals surface area contributed by atoms with E-state index in [0.717, 1.165) is 11.1 Å². The van der Waals surface area contributed by atoms with Crippen LogP contribution < -0.4 is 0 Å². The first-order valence-electron chi connectivity index (χ1n) is 5.36. The maximum Gasteiger partial charge on any atom is 0.0824 e. The van der Waals surface area contributed by atoms with E-state index < -0.39 is 12.2 Å². The van der Waals surface area contributed by atoms with Gasteiger partial charge in [-0.1, -0.05) is 36.4 Å². The van der Waals surface area contributed by atoms with E-state index in [4.69, 9.17) is 0 Å². The highest BCUT2D eigenvalue weighted by molar-refractivity contribution is 5.27. The molecule has 1 rings (SSSR count). The Balaban J connectivity index is 2.85. The van der Waals surface area contributed by atoms with Crippen LogP contribution in [0, 0.1) is 0 Å². The summed E-state index contributed by atoms with van der Waals surface area (Å²) >= 11 is 0. The second-order valence-corrected chi connectivity index (χ2v) is 3.75. The molecule has 0 bridgehead atoms. The minimum Gasteiger partial charge on any atom is -0.388 e. The smallest absolute Gasteiger partial charge is 0.0824 e. The van der Waals surface area contributed by atoms with Crippen LogP contribution in [0.25, 0.3) is 0 Å². The Morgan fingerprint density at radius 3 is 1.81 bits per heavy atom. The molecule has 0 aromatic heterocycles. The van der Waals surface area contributed by atoms with E-state index in [1.165, 1.54) is 0 Å². The zero-order valence-corrected chi connectivity index (χ0v) is 9.34. The van der Waals surface area contributed by atoms with Gasteiger partial charge >= 0.3 is 0 Å². The molecule has 1 aromatic carbocycles. The number of hydrogen-bond acceptors (Lipinski definition) is 2. The zero-order valence-electron chi connectivity index (χ0n) is 9.34. The van der Waals surface area contributed by atoms with Crippen LogP contribution in [-0.2, 0) is 0 Å². The highest BCUT2D eigenvalue weighted by atomic mass is 16.3. The standard InChI is InChI=1S/C14H18O2/c1-3-6-13(15)11-8-5-9-12(10-11)14(16)7-4-2/h3-5,8-10,13-16H,1-2,6-7H2/t13-,14-/m0/s1. The minimum absolute atomic E-state index is 0.515. The SMILES string of the molecule is C=CC[C@H](O)c1cccc([C@@H](O)CC=C)c1. The van der Waals surface area contributed by atoms with Crippen molar-refractivity contribution in [2.75, 3.05) is 0 Å². The largest absolute Gasteiger partial charge is 0.388 e. The number of aliphatic hydroxyl groups excluding tert-OH is 2. The Labute approximate surface area is 96.6 Å². The van der Waals surface area contributed by atoms with Gasteiger partial charge in [-0.25, -0.2) is 0 Å². The molecule has 0 fully saturated rings. The fourth-order valence-electron chi connectivity index (χ4n) is 1.56. The molecule has 0 saturated carbocycles. The minimum atomic E-state index is -0.548. The maximum absolute atomic E-state index is 9.78. The fourth-order valence-corrected chi connectivity index (χ4v) is 1.56. The molecular formula is C14H18O2. The lowest BCUT2D eigenvalue weighted by Gasteiger charge is -2.13. The highest BCUT2D eigenvalue weighted by Crippen LogP contribution is 2.23. The van der Waals surface area contributed by atoms with Gasteiger partial charge in [0.2, 0.25) is 0 Å². The molecule has 2 nitrogen and oxygen atoms in total. The molecular weight excluding hydrogens is 200 g/mol. The highest BCUT2D eigenvalue weighted by Gasteiger charge is 2.09. The number of benzene rings is 1. The van der Waals surface area contributed by atoms with Crippen LogP contribution in [0.2, 0.25) is 0 Å². The van der Waals surface area contributed by atoms with E-state index in [-0.39, 0.29) is 0 Å². The quantitative estimate of drug-likeness (QED) is 0.721. The van der Waals surface area contributed by atoms with Crippen LogP contribution in [0.3, 0.4) is 0 Å². The molecule has 0 saturated heterocycles. The number of hydrogen-bond donors (Lipinski definition) is 2.